The van der Waals surface area contributed by atoms with E-state index in [-0.39, 0.29) is 11.7 Å². The molecule has 0 saturated carbocycles. The molecule has 0 N–H and O–H groups in total. The van der Waals surface area contributed by atoms with Crippen molar-refractivity contribution < 1.29 is 9.18 Å². The average molecular weight is 369 g/mol. The minimum Gasteiger partial charge on any atom is -0.337 e. The third-order valence-electron chi connectivity index (χ3n) is 6.16. The Morgan fingerprint density at radius 2 is 1.93 bits per heavy atom. The second-order valence-corrected chi connectivity index (χ2v) is 8.02. The largest absolute Gasteiger partial charge is 0.337 e. The van der Waals surface area contributed by atoms with Crippen LogP contribution in [0.2, 0.25) is 0 Å². The number of halogens is 1. The highest BCUT2D eigenvalue weighted by Crippen LogP contribution is 2.31. The molecule has 1 fully saturated rings. The summed E-state index contributed by atoms with van der Waals surface area (Å²) >= 11 is 0. The van der Waals surface area contributed by atoms with Gasteiger partial charge < -0.3 is 4.90 Å². The van der Waals surface area contributed by atoms with Crippen LogP contribution in [0.5, 0.6) is 0 Å². The Balaban J connectivity index is 1.46. The molecule has 2 aliphatic rings. The van der Waals surface area contributed by atoms with Crippen molar-refractivity contribution in [1.29, 1.82) is 0 Å². The normalized spacial score (nSPS) is 19.8. The van der Waals surface area contributed by atoms with Gasteiger partial charge in [-0.2, -0.15) is 5.10 Å². The minimum atomic E-state index is -0.183. The zero-order valence-corrected chi connectivity index (χ0v) is 16.1. The van der Waals surface area contributed by atoms with Gasteiger partial charge in [-0.1, -0.05) is 12.1 Å². The lowest BCUT2D eigenvalue weighted by Gasteiger charge is -2.27. The zero-order valence-electron chi connectivity index (χ0n) is 16.1. The van der Waals surface area contributed by atoms with E-state index in [1.165, 1.54) is 35.4 Å². The molecule has 1 aromatic heterocycles. The third kappa shape index (κ3) is 3.92. The van der Waals surface area contributed by atoms with Crippen LogP contribution in [0.3, 0.4) is 0 Å². The van der Waals surface area contributed by atoms with Crippen LogP contribution < -0.4 is 0 Å². The SMILES string of the molecule is Cn1nc(C(=O)N2CCCCC2)c2c1CCC(CCc1ccc(F)cc1)C2. The zero-order chi connectivity index (χ0) is 18.8. The smallest absolute Gasteiger partial charge is 0.274 e. The molecule has 1 aliphatic heterocycles. The van der Waals surface area contributed by atoms with E-state index in [2.05, 4.69) is 5.10 Å². The first kappa shape index (κ1) is 18.2. The molecule has 0 bridgehead atoms. The molecule has 1 saturated heterocycles. The van der Waals surface area contributed by atoms with Crippen molar-refractivity contribution >= 4 is 5.91 Å². The van der Waals surface area contributed by atoms with Gasteiger partial charge in [-0.25, -0.2) is 4.39 Å². The van der Waals surface area contributed by atoms with Crippen LogP contribution in [0.15, 0.2) is 24.3 Å². The van der Waals surface area contributed by atoms with E-state index < -0.39 is 0 Å². The number of piperidine rings is 1. The number of benzene rings is 1. The predicted molar refractivity (Wildman–Crippen MR) is 103 cm³/mol. The number of amides is 1. The second-order valence-electron chi connectivity index (χ2n) is 8.02. The molecule has 4 rings (SSSR count). The van der Waals surface area contributed by atoms with Gasteiger partial charge >= 0.3 is 0 Å². The summed E-state index contributed by atoms with van der Waals surface area (Å²) in [5, 5.41) is 4.61. The summed E-state index contributed by atoms with van der Waals surface area (Å²) < 4.78 is 15.0. The van der Waals surface area contributed by atoms with Crippen molar-refractivity contribution in [3.63, 3.8) is 0 Å². The fraction of sp³-hybridized carbons (Fsp3) is 0.545. The predicted octanol–water partition coefficient (Wildman–Crippen LogP) is 3.92. The van der Waals surface area contributed by atoms with Crippen molar-refractivity contribution in [1.82, 2.24) is 14.7 Å². The topological polar surface area (TPSA) is 38.1 Å². The Morgan fingerprint density at radius 1 is 1.19 bits per heavy atom. The number of aryl methyl sites for hydroxylation is 2. The highest BCUT2D eigenvalue weighted by atomic mass is 19.1. The summed E-state index contributed by atoms with van der Waals surface area (Å²) in [6.45, 7) is 1.72. The van der Waals surface area contributed by atoms with Gasteiger partial charge in [0.15, 0.2) is 5.69 Å². The highest BCUT2D eigenvalue weighted by molar-refractivity contribution is 5.94. The fourth-order valence-electron chi connectivity index (χ4n) is 4.55. The van der Waals surface area contributed by atoms with E-state index in [1.54, 1.807) is 0 Å². The van der Waals surface area contributed by atoms with Crippen molar-refractivity contribution in [2.45, 2.75) is 51.4 Å². The van der Waals surface area contributed by atoms with Crippen LogP contribution in [-0.2, 0) is 26.3 Å². The number of likely N-dealkylation sites (tertiary alicyclic amines) is 1. The average Bonchev–Trinajstić information content (AvgIpc) is 3.04. The lowest BCUT2D eigenvalue weighted by atomic mass is 9.82. The maximum absolute atomic E-state index is 13.1. The number of hydrogen-bond donors (Lipinski definition) is 0. The van der Waals surface area contributed by atoms with Crippen LogP contribution in [-0.4, -0.2) is 33.7 Å². The number of hydrogen-bond acceptors (Lipinski definition) is 2. The van der Waals surface area contributed by atoms with E-state index >= 15 is 0 Å². The lowest BCUT2D eigenvalue weighted by molar-refractivity contribution is 0.0716. The Bertz CT molecular complexity index is 806. The van der Waals surface area contributed by atoms with Gasteiger partial charge in [0.05, 0.1) is 0 Å². The number of fused-ring (bicyclic) bond motifs is 1. The number of aromatic nitrogens is 2. The van der Waals surface area contributed by atoms with Gasteiger partial charge in [-0.15, -0.1) is 0 Å². The van der Waals surface area contributed by atoms with Crippen molar-refractivity contribution in [2.75, 3.05) is 13.1 Å². The van der Waals surface area contributed by atoms with Gasteiger partial charge in [0.1, 0.15) is 5.82 Å². The van der Waals surface area contributed by atoms with Gasteiger partial charge in [0, 0.05) is 31.4 Å². The summed E-state index contributed by atoms with van der Waals surface area (Å²) in [6, 6.07) is 6.81. The molecular weight excluding hydrogens is 341 g/mol. The first-order valence-corrected chi connectivity index (χ1v) is 10.2. The summed E-state index contributed by atoms with van der Waals surface area (Å²) in [4.78, 5) is 15.0. The van der Waals surface area contributed by atoms with Crippen LogP contribution in [0.1, 0.15) is 59.4 Å². The Labute approximate surface area is 160 Å². The molecule has 0 spiro atoms. The van der Waals surface area contributed by atoms with Gasteiger partial charge in [0.25, 0.3) is 5.91 Å². The summed E-state index contributed by atoms with van der Waals surface area (Å²) in [7, 11) is 1.96. The van der Waals surface area contributed by atoms with Crippen LogP contribution >= 0.6 is 0 Å². The maximum Gasteiger partial charge on any atom is 0.274 e. The standard InChI is InChI=1S/C22H28FN3O/c1-25-20-12-9-17(6-5-16-7-10-18(23)11-8-16)15-19(20)21(24-25)22(27)26-13-3-2-4-14-26/h7-8,10-11,17H,2-6,9,12-15H2,1H3. The quantitative estimate of drug-likeness (QED) is 0.819. The van der Waals surface area contributed by atoms with Crippen LogP contribution in [0, 0.1) is 11.7 Å². The molecule has 4 nitrogen and oxygen atoms in total. The molecular formula is C22H28FN3O. The Hall–Kier alpha value is -2.17. The summed E-state index contributed by atoms with van der Waals surface area (Å²) in [5.74, 6) is 0.489. The molecule has 1 aliphatic carbocycles. The van der Waals surface area contributed by atoms with E-state index in [4.69, 9.17) is 0 Å². The first-order valence-electron chi connectivity index (χ1n) is 10.2. The van der Waals surface area contributed by atoms with Crippen molar-refractivity contribution in [3.05, 3.63) is 52.6 Å². The highest BCUT2D eigenvalue weighted by Gasteiger charge is 2.30. The van der Waals surface area contributed by atoms with E-state index in [1.807, 2.05) is 28.8 Å². The van der Waals surface area contributed by atoms with E-state index in [0.717, 1.165) is 58.0 Å². The summed E-state index contributed by atoms with van der Waals surface area (Å²) in [6.07, 6.45) is 8.48. The fourth-order valence-corrected chi connectivity index (χ4v) is 4.55. The van der Waals surface area contributed by atoms with Crippen LogP contribution in [0.25, 0.3) is 0 Å². The molecule has 1 unspecified atom stereocenters. The minimum absolute atomic E-state index is 0.116. The molecule has 5 heteroatoms. The number of carbonyl (C=O) groups excluding carboxylic acids is 1. The molecule has 1 amide bonds. The van der Waals surface area contributed by atoms with Gasteiger partial charge in [-0.3, -0.25) is 9.48 Å². The van der Waals surface area contributed by atoms with Gasteiger partial charge in [-0.05, 0) is 75.0 Å². The number of nitrogens with zero attached hydrogens (tertiary/aromatic N) is 3. The summed E-state index contributed by atoms with van der Waals surface area (Å²) in [5.41, 5.74) is 4.26. The monoisotopic (exact) mass is 369 g/mol. The second kappa shape index (κ2) is 7.83. The van der Waals surface area contributed by atoms with E-state index in [9.17, 15) is 9.18 Å². The maximum atomic E-state index is 13.1. The molecule has 1 aromatic carbocycles. The molecule has 2 aromatic rings. The van der Waals surface area contributed by atoms with Gasteiger partial charge in [0.2, 0.25) is 0 Å². The number of carbonyl (C=O) groups is 1. The van der Waals surface area contributed by atoms with Crippen molar-refractivity contribution in [2.24, 2.45) is 13.0 Å². The molecule has 2 heterocycles. The molecule has 0 radical (unpaired) electrons. The Morgan fingerprint density at radius 3 is 2.67 bits per heavy atom. The first-order chi connectivity index (χ1) is 13.1. The van der Waals surface area contributed by atoms with Crippen LogP contribution in [0.4, 0.5) is 4.39 Å². The van der Waals surface area contributed by atoms with E-state index in [0.29, 0.717) is 11.6 Å². The Kier molecular flexibility index (Phi) is 5.28. The van der Waals surface area contributed by atoms with Crippen molar-refractivity contribution in [3.8, 4) is 0 Å². The number of rotatable bonds is 4. The lowest BCUT2D eigenvalue weighted by Crippen LogP contribution is -2.36. The molecule has 1 atom stereocenters. The third-order valence-corrected chi connectivity index (χ3v) is 6.16. The molecule has 27 heavy (non-hydrogen) atoms. The molecule has 144 valence electrons.